The van der Waals surface area contributed by atoms with Crippen LogP contribution in [0, 0.1) is 18.6 Å². The molecule has 4 heterocycles. The number of hydrogen-bond donors (Lipinski definition) is 2. The molecule has 0 spiro atoms. The predicted octanol–water partition coefficient (Wildman–Crippen LogP) is 5.96. The largest absolute Gasteiger partial charge is 0.478 e. The van der Waals surface area contributed by atoms with Gasteiger partial charge in [-0.15, -0.1) is 0 Å². The Labute approximate surface area is 208 Å². The molecule has 2 atom stereocenters. The molecule has 2 bridgehead atoms. The summed E-state index contributed by atoms with van der Waals surface area (Å²) in [6.45, 7) is 2.22. The van der Waals surface area contributed by atoms with Crippen molar-refractivity contribution in [1.29, 1.82) is 0 Å². The molecule has 36 heavy (non-hydrogen) atoms. The Morgan fingerprint density at radius 3 is 2.47 bits per heavy atom. The van der Waals surface area contributed by atoms with Crippen LogP contribution in [0.15, 0.2) is 36.7 Å². The molecule has 188 valence electrons. The van der Waals surface area contributed by atoms with Gasteiger partial charge in [-0.1, -0.05) is 6.07 Å². The minimum atomic E-state index is -0.975. The van der Waals surface area contributed by atoms with Crippen LogP contribution in [-0.2, 0) is 11.3 Å². The summed E-state index contributed by atoms with van der Waals surface area (Å²) in [5.41, 5.74) is 3.50. The number of aromatic carboxylic acids is 1. The minimum absolute atomic E-state index is 0.000459. The molecule has 3 aromatic rings. The normalized spacial score (nSPS) is 23.3. The van der Waals surface area contributed by atoms with Crippen molar-refractivity contribution in [3.63, 3.8) is 0 Å². The zero-order chi connectivity index (χ0) is 25.0. The van der Waals surface area contributed by atoms with E-state index in [9.17, 15) is 18.7 Å². The third-order valence-electron chi connectivity index (χ3n) is 7.94. The summed E-state index contributed by atoms with van der Waals surface area (Å²) in [5, 5.41) is 9.27. The molecule has 3 aliphatic rings. The fraction of sp³-hybridized carbons (Fsp3) is 0.429. The summed E-state index contributed by atoms with van der Waals surface area (Å²) in [5.74, 6) is -0.864. The molecule has 6 nitrogen and oxygen atoms in total. The molecule has 1 aromatic carbocycles. The lowest BCUT2D eigenvalue weighted by Gasteiger charge is -2.40. The molecule has 3 fully saturated rings. The number of H-pyrrole nitrogens is 1. The number of carboxylic acid groups (broad SMARTS) is 1. The number of piperidine rings is 1. The highest BCUT2D eigenvalue weighted by molar-refractivity contribution is 5.87. The molecular weight excluding hydrogens is 464 g/mol. The molecule has 2 saturated heterocycles. The molecule has 0 radical (unpaired) electrons. The lowest BCUT2D eigenvalue weighted by atomic mass is 9.98. The van der Waals surface area contributed by atoms with E-state index in [0.717, 1.165) is 61.2 Å². The van der Waals surface area contributed by atoms with Crippen LogP contribution < -0.4 is 4.90 Å². The van der Waals surface area contributed by atoms with Gasteiger partial charge in [0, 0.05) is 41.3 Å². The van der Waals surface area contributed by atoms with Crippen molar-refractivity contribution in [3.05, 3.63) is 70.7 Å². The summed E-state index contributed by atoms with van der Waals surface area (Å²) in [6.07, 6.45) is 9.08. The van der Waals surface area contributed by atoms with Gasteiger partial charge < -0.3 is 19.7 Å². The highest BCUT2D eigenvalue weighted by Gasteiger charge is 2.42. The second-order valence-electron chi connectivity index (χ2n) is 10.3. The first-order chi connectivity index (χ1) is 17.4. The van der Waals surface area contributed by atoms with Crippen molar-refractivity contribution in [2.75, 3.05) is 4.90 Å². The van der Waals surface area contributed by atoms with Gasteiger partial charge in [0.15, 0.2) is 0 Å². The number of pyridine rings is 1. The van der Waals surface area contributed by atoms with Gasteiger partial charge in [0.2, 0.25) is 0 Å². The van der Waals surface area contributed by atoms with Crippen LogP contribution in [0.25, 0.3) is 11.1 Å². The average molecular weight is 494 g/mol. The van der Waals surface area contributed by atoms with Crippen LogP contribution >= 0.6 is 0 Å². The topological polar surface area (TPSA) is 78.4 Å². The first-order valence-corrected chi connectivity index (χ1v) is 12.6. The Balaban J connectivity index is 1.20. The Morgan fingerprint density at radius 1 is 1.17 bits per heavy atom. The Hall–Kier alpha value is -3.26. The highest BCUT2D eigenvalue weighted by Crippen LogP contribution is 2.45. The lowest BCUT2D eigenvalue weighted by molar-refractivity contribution is 0.0149. The SMILES string of the molecule is Cc1cc(C(=O)O)cnc1N1C2CCC1CC(OCc1c(-c3c(F)cccc3F)c[nH]c1C1CC1)C2. The Morgan fingerprint density at radius 2 is 1.86 bits per heavy atom. The zero-order valence-corrected chi connectivity index (χ0v) is 20.1. The van der Waals surface area contributed by atoms with Crippen molar-refractivity contribution in [1.82, 2.24) is 9.97 Å². The number of nitrogens with zero attached hydrogens (tertiary/aromatic N) is 2. The van der Waals surface area contributed by atoms with E-state index in [1.54, 1.807) is 12.3 Å². The molecule has 2 N–H and O–H groups in total. The quantitative estimate of drug-likeness (QED) is 0.425. The Bertz CT molecular complexity index is 1290. The first-order valence-electron chi connectivity index (χ1n) is 12.6. The monoisotopic (exact) mass is 493 g/mol. The van der Waals surface area contributed by atoms with Gasteiger partial charge in [0.1, 0.15) is 17.5 Å². The molecular formula is C28H29F2N3O3. The molecule has 2 unspecified atom stereocenters. The van der Waals surface area contributed by atoms with Crippen LogP contribution in [0.5, 0.6) is 0 Å². The fourth-order valence-electron chi connectivity index (χ4n) is 6.10. The van der Waals surface area contributed by atoms with Crippen LogP contribution in [0.1, 0.15) is 71.6 Å². The maximum atomic E-state index is 14.6. The molecule has 0 amide bonds. The summed E-state index contributed by atoms with van der Waals surface area (Å²) in [6, 6.07) is 6.19. The average Bonchev–Trinajstić information content (AvgIpc) is 3.56. The number of rotatable bonds is 7. The fourth-order valence-corrected chi connectivity index (χ4v) is 6.10. The van der Waals surface area contributed by atoms with E-state index in [4.69, 9.17) is 4.74 Å². The number of aromatic nitrogens is 2. The van der Waals surface area contributed by atoms with E-state index < -0.39 is 17.6 Å². The summed E-state index contributed by atoms with van der Waals surface area (Å²) in [4.78, 5) is 21.4. The van der Waals surface area contributed by atoms with Crippen LogP contribution in [0.3, 0.4) is 0 Å². The van der Waals surface area contributed by atoms with Gasteiger partial charge in [0.25, 0.3) is 0 Å². The number of benzene rings is 1. The number of carbonyl (C=O) groups is 1. The number of aryl methyl sites for hydroxylation is 1. The van der Waals surface area contributed by atoms with Crippen LogP contribution in [0.2, 0.25) is 0 Å². The van der Waals surface area contributed by atoms with Crippen LogP contribution in [-0.4, -0.2) is 39.2 Å². The zero-order valence-electron chi connectivity index (χ0n) is 20.1. The number of halogens is 2. The number of ether oxygens (including phenoxy) is 1. The summed E-state index contributed by atoms with van der Waals surface area (Å²) >= 11 is 0. The number of carboxylic acids is 1. The lowest BCUT2D eigenvalue weighted by Crippen LogP contribution is -2.46. The van der Waals surface area contributed by atoms with E-state index in [1.165, 1.54) is 24.4 Å². The van der Waals surface area contributed by atoms with E-state index in [0.29, 0.717) is 18.1 Å². The van der Waals surface area contributed by atoms with Crippen molar-refractivity contribution >= 4 is 11.8 Å². The standard InChI is InChI=1S/C28H29F2N3O3/c1-15-9-17(28(34)35)12-32-27(15)33-18-7-8-19(33)11-20(10-18)36-14-22-21(13-31-26(22)16-5-6-16)25-23(29)3-2-4-24(25)30/h2-4,9,12-13,16,18-20,31H,5-8,10-11,14H2,1H3,(H,34,35). The van der Waals surface area contributed by atoms with Crippen molar-refractivity contribution < 1.29 is 23.4 Å². The van der Waals surface area contributed by atoms with Gasteiger partial charge >= 0.3 is 5.97 Å². The molecule has 1 saturated carbocycles. The number of aromatic amines is 1. The van der Waals surface area contributed by atoms with E-state index >= 15 is 0 Å². The predicted molar refractivity (Wildman–Crippen MR) is 131 cm³/mol. The van der Waals surface area contributed by atoms with Gasteiger partial charge in [-0.3, -0.25) is 0 Å². The maximum Gasteiger partial charge on any atom is 0.337 e. The smallest absolute Gasteiger partial charge is 0.337 e. The molecule has 2 aliphatic heterocycles. The summed E-state index contributed by atoms with van der Waals surface area (Å²) < 4.78 is 35.7. The van der Waals surface area contributed by atoms with Crippen molar-refractivity contribution in [2.45, 2.75) is 76.2 Å². The highest BCUT2D eigenvalue weighted by atomic mass is 19.1. The second-order valence-corrected chi connectivity index (χ2v) is 10.3. The van der Waals surface area contributed by atoms with E-state index in [2.05, 4.69) is 14.9 Å². The molecule has 2 aromatic heterocycles. The Kier molecular flexibility index (Phi) is 5.79. The molecule has 6 rings (SSSR count). The number of nitrogens with one attached hydrogen (secondary N) is 1. The minimum Gasteiger partial charge on any atom is -0.478 e. The number of hydrogen-bond acceptors (Lipinski definition) is 4. The number of fused-ring (bicyclic) bond motifs is 2. The first kappa shape index (κ1) is 23.2. The van der Waals surface area contributed by atoms with Crippen LogP contribution in [0.4, 0.5) is 14.6 Å². The number of anilines is 1. The van der Waals surface area contributed by atoms with Gasteiger partial charge in [0.05, 0.1) is 23.8 Å². The second kappa shape index (κ2) is 9.00. The molecule has 8 heteroatoms. The van der Waals surface area contributed by atoms with Crippen molar-refractivity contribution in [3.8, 4) is 11.1 Å². The van der Waals surface area contributed by atoms with Gasteiger partial charge in [-0.2, -0.15) is 0 Å². The van der Waals surface area contributed by atoms with E-state index in [-0.39, 0.29) is 29.3 Å². The molecule has 1 aliphatic carbocycles. The van der Waals surface area contributed by atoms with E-state index in [1.807, 2.05) is 6.92 Å². The van der Waals surface area contributed by atoms with Gasteiger partial charge in [-0.25, -0.2) is 18.6 Å². The third kappa shape index (κ3) is 4.07. The van der Waals surface area contributed by atoms with Gasteiger partial charge in [-0.05, 0) is 75.1 Å². The maximum absolute atomic E-state index is 14.6. The summed E-state index contributed by atoms with van der Waals surface area (Å²) in [7, 11) is 0. The van der Waals surface area contributed by atoms with Crippen molar-refractivity contribution in [2.24, 2.45) is 0 Å². The third-order valence-corrected chi connectivity index (χ3v) is 7.94.